The molecule has 1 N–H and O–H groups in total. The summed E-state index contributed by atoms with van der Waals surface area (Å²) in [5.41, 5.74) is 2.52. The zero-order chi connectivity index (χ0) is 20.1. The average Bonchev–Trinajstić information content (AvgIpc) is 3.09. The first-order chi connectivity index (χ1) is 13.5. The summed E-state index contributed by atoms with van der Waals surface area (Å²) in [5.74, 6) is -1.46. The van der Waals surface area contributed by atoms with Crippen molar-refractivity contribution in [3.8, 4) is 0 Å². The van der Waals surface area contributed by atoms with E-state index in [9.17, 15) is 14.4 Å². The summed E-state index contributed by atoms with van der Waals surface area (Å²) in [4.78, 5) is 39.2. The third-order valence-electron chi connectivity index (χ3n) is 4.78. The molecule has 28 heavy (non-hydrogen) atoms. The van der Waals surface area contributed by atoms with Gasteiger partial charge in [-0.3, -0.25) is 9.59 Å². The standard InChI is InChI=1S/C22H24N2O4/c1-3-28-22(27)20(16-7-5-4-6-8-16)23-21(26)17-13-19(25)24(14-17)18-11-9-15(2)10-12-18/h4-12,17,20H,3,13-14H2,1-2H3,(H,23,26). The predicted molar refractivity (Wildman–Crippen MR) is 106 cm³/mol. The maximum Gasteiger partial charge on any atom is 0.333 e. The van der Waals surface area contributed by atoms with Crippen molar-refractivity contribution >= 4 is 23.5 Å². The van der Waals surface area contributed by atoms with Crippen molar-refractivity contribution in [2.45, 2.75) is 26.3 Å². The summed E-state index contributed by atoms with van der Waals surface area (Å²) in [6, 6.07) is 15.7. The Morgan fingerprint density at radius 1 is 1.14 bits per heavy atom. The number of esters is 1. The molecule has 0 saturated carbocycles. The Balaban J connectivity index is 1.72. The number of ether oxygens (including phenoxy) is 1. The lowest BCUT2D eigenvalue weighted by molar-refractivity contribution is -0.148. The lowest BCUT2D eigenvalue weighted by Crippen LogP contribution is -2.39. The highest BCUT2D eigenvalue weighted by Crippen LogP contribution is 2.26. The molecular weight excluding hydrogens is 356 g/mol. The molecule has 6 heteroatoms. The van der Waals surface area contributed by atoms with E-state index in [0.29, 0.717) is 5.56 Å². The Labute approximate surface area is 164 Å². The van der Waals surface area contributed by atoms with Gasteiger partial charge in [-0.2, -0.15) is 0 Å². The Morgan fingerprint density at radius 3 is 2.46 bits per heavy atom. The van der Waals surface area contributed by atoms with Crippen molar-refractivity contribution < 1.29 is 19.1 Å². The summed E-state index contributed by atoms with van der Waals surface area (Å²) in [6.07, 6.45) is 0.115. The van der Waals surface area contributed by atoms with Crippen LogP contribution in [-0.2, 0) is 19.1 Å². The van der Waals surface area contributed by atoms with Crippen LogP contribution in [-0.4, -0.2) is 30.9 Å². The predicted octanol–water partition coefficient (Wildman–Crippen LogP) is 2.77. The van der Waals surface area contributed by atoms with E-state index < -0.39 is 17.9 Å². The van der Waals surface area contributed by atoms with Crippen LogP contribution in [0.5, 0.6) is 0 Å². The van der Waals surface area contributed by atoms with Crippen molar-refractivity contribution in [3.05, 3.63) is 65.7 Å². The van der Waals surface area contributed by atoms with Crippen molar-refractivity contribution in [1.29, 1.82) is 0 Å². The van der Waals surface area contributed by atoms with Crippen molar-refractivity contribution in [2.24, 2.45) is 5.92 Å². The summed E-state index contributed by atoms with van der Waals surface area (Å²) < 4.78 is 5.11. The van der Waals surface area contributed by atoms with Crippen molar-refractivity contribution in [3.63, 3.8) is 0 Å². The number of hydrogen-bond acceptors (Lipinski definition) is 4. The summed E-state index contributed by atoms with van der Waals surface area (Å²) >= 11 is 0. The number of benzene rings is 2. The zero-order valence-corrected chi connectivity index (χ0v) is 16.1. The molecule has 1 fully saturated rings. The van der Waals surface area contributed by atoms with Crippen LogP contribution < -0.4 is 10.2 Å². The monoisotopic (exact) mass is 380 g/mol. The van der Waals surface area contributed by atoms with Gasteiger partial charge in [-0.25, -0.2) is 4.79 Å². The molecule has 1 saturated heterocycles. The van der Waals surface area contributed by atoms with E-state index in [4.69, 9.17) is 4.74 Å². The topological polar surface area (TPSA) is 75.7 Å². The highest BCUT2D eigenvalue weighted by Gasteiger charge is 2.37. The second-order valence-electron chi connectivity index (χ2n) is 6.85. The first-order valence-electron chi connectivity index (χ1n) is 9.38. The van der Waals surface area contributed by atoms with Gasteiger partial charge in [0.2, 0.25) is 11.8 Å². The molecule has 2 aromatic carbocycles. The van der Waals surface area contributed by atoms with Gasteiger partial charge < -0.3 is 15.0 Å². The van der Waals surface area contributed by atoms with Crippen molar-refractivity contribution in [1.82, 2.24) is 5.32 Å². The minimum Gasteiger partial charge on any atom is -0.464 e. The first kappa shape index (κ1) is 19.6. The van der Waals surface area contributed by atoms with Crippen LogP contribution in [0.4, 0.5) is 5.69 Å². The third kappa shape index (κ3) is 4.39. The Kier molecular flexibility index (Phi) is 6.09. The van der Waals surface area contributed by atoms with Crippen LogP contribution in [0.3, 0.4) is 0 Å². The molecule has 3 rings (SSSR count). The molecule has 2 unspecified atom stereocenters. The minimum atomic E-state index is -0.892. The maximum atomic E-state index is 12.8. The number of hydrogen-bond donors (Lipinski definition) is 1. The number of carbonyl (C=O) groups is 3. The lowest BCUT2D eigenvalue weighted by Gasteiger charge is -2.20. The second kappa shape index (κ2) is 8.69. The Bertz CT molecular complexity index is 849. The number of amides is 2. The Hall–Kier alpha value is -3.15. The van der Waals surface area contributed by atoms with E-state index in [0.717, 1.165) is 11.3 Å². The SMILES string of the molecule is CCOC(=O)C(NC(=O)C1CC(=O)N(c2ccc(C)cc2)C1)c1ccccc1. The van der Waals surface area contributed by atoms with Crippen molar-refractivity contribution in [2.75, 3.05) is 18.1 Å². The van der Waals surface area contributed by atoms with Crippen LogP contribution in [0.2, 0.25) is 0 Å². The van der Waals surface area contributed by atoms with Gasteiger partial charge in [0.05, 0.1) is 12.5 Å². The second-order valence-corrected chi connectivity index (χ2v) is 6.85. The molecule has 1 aliphatic rings. The van der Waals surface area contributed by atoms with Gasteiger partial charge in [-0.15, -0.1) is 0 Å². The van der Waals surface area contributed by atoms with E-state index in [1.54, 1.807) is 36.1 Å². The van der Waals surface area contributed by atoms with E-state index in [2.05, 4.69) is 5.32 Å². The van der Waals surface area contributed by atoms with Gasteiger partial charge >= 0.3 is 5.97 Å². The molecule has 0 bridgehead atoms. The highest BCUT2D eigenvalue weighted by atomic mass is 16.5. The van der Waals surface area contributed by atoms with Gasteiger partial charge in [0.25, 0.3) is 0 Å². The summed E-state index contributed by atoms with van der Waals surface area (Å²) in [7, 11) is 0. The molecule has 0 aromatic heterocycles. The number of rotatable bonds is 6. The molecule has 0 radical (unpaired) electrons. The average molecular weight is 380 g/mol. The van der Waals surface area contributed by atoms with E-state index in [1.165, 1.54) is 0 Å². The summed E-state index contributed by atoms with van der Waals surface area (Å²) in [5, 5.41) is 2.77. The van der Waals surface area contributed by atoms with Crippen LogP contribution in [0, 0.1) is 12.8 Å². The number of nitrogens with zero attached hydrogens (tertiary/aromatic N) is 1. The molecule has 0 spiro atoms. The quantitative estimate of drug-likeness (QED) is 0.782. The largest absolute Gasteiger partial charge is 0.464 e. The number of nitrogens with one attached hydrogen (secondary N) is 1. The van der Waals surface area contributed by atoms with Gasteiger partial charge in [-0.05, 0) is 31.5 Å². The number of aryl methyl sites for hydroxylation is 1. The van der Waals surface area contributed by atoms with Gasteiger partial charge in [-0.1, -0.05) is 48.0 Å². The smallest absolute Gasteiger partial charge is 0.333 e. The fraction of sp³-hybridized carbons (Fsp3) is 0.318. The first-order valence-corrected chi connectivity index (χ1v) is 9.38. The lowest BCUT2D eigenvalue weighted by atomic mass is 10.0. The molecule has 2 aromatic rings. The van der Waals surface area contributed by atoms with Crippen LogP contribution >= 0.6 is 0 Å². The molecule has 0 aliphatic carbocycles. The van der Waals surface area contributed by atoms with Crippen LogP contribution in [0.1, 0.15) is 30.5 Å². The van der Waals surface area contributed by atoms with Crippen LogP contribution in [0.15, 0.2) is 54.6 Å². The molecule has 1 heterocycles. The zero-order valence-electron chi connectivity index (χ0n) is 16.1. The summed E-state index contributed by atoms with van der Waals surface area (Å²) in [6.45, 7) is 4.21. The fourth-order valence-electron chi connectivity index (χ4n) is 3.27. The number of anilines is 1. The fourth-order valence-corrected chi connectivity index (χ4v) is 3.27. The molecule has 1 aliphatic heterocycles. The maximum absolute atomic E-state index is 12.8. The number of carbonyl (C=O) groups excluding carboxylic acids is 3. The highest BCUT2D eigenvalue weighted by molar-refractivity contribution is 6.00. The van der Waals surface area contributed by atoms with Gasteiger partial charge in [0.1, 0.15) is 0 Å². The van der Waals surface area contributed by atoms with Gasteiger partial charge in [0.15, 0.2) is 6.04 Å². The molecule has 146 valence electrons. The van der Waals surface area contributed by atoms with Crippen LogP contribution in [0.25, 0.3) is 0 Å². The molecule has 2 atom stereocenters. The third-order valence-corrected chi connectivity index (χ3v) is 4.78. The van der Waals surface area contributed by atoms with Gasteiger partial charge in [0, 0.05) is 18.7 Å². The normalized spacial score (nSPS) is 17.3. The minimum absolute atomic E-state index is 0.101. The van der Waals surface area contributed by atoms with E-state index in [1.807, 2.05) is 37.3 Å². The van der Waals surface area contributed by atoms with E-state index >= 15 is 0 Å². The molecule has 6 nitrogen and oxygen atoms in total. The Morgan fingerprint density at radius 2 is 1.82 bits per heavy atom. The molecule has 2 amide bonds. The molecular formula is C22H24N2O4. The van der Waals surface area contributed by atoms with E-state index in [-0.39, 0.29) is 31.4 Å².